The van der Waals surface area contributed by atoms with Gasteiger partial charge in [0, 0.05) is 24.6 Å². The van der Waals surface area contributed by atoms with Gasteiger partial charge in [-0.2, -0.15) is 4.37 Å². The van der Waals surface area contributed by atoms with Crippen LogP contribution in [0.1, 0.15) is 21.5 Å². The van der Waals surface area contributed by atoms with Gasteiger partial charge in [-0.1, -0.05) is 47.5 Å². The van der Waals surface area contributed by atoms with E-state index in [-0.39, 0.29) is 26.9 Å². The molecule has 0 unspecified atom stereocenters. The summed E-state index contributed by atoms with van der Waals surface area (Å²) in [7, 11) is -1.89. The maximum atomic E-state index is 13.2. The first-order valence-electron chi connectivity index (χ1n) is 11.4. The number of carbonyl (C=O) groups is 2. The Balaban J connectivity index is 1.54. The van der Waals surface area contributed by atoms with E-state index in [2.05, 4.69) is 15.0 Å². The summed E-state index contributed by atoms with van der Waals surface area (Å²) in [6, 6.07) is 13.6. The Morgan fingerprint density at radius 3 is 2.46 bits per heavy atom. The van der Waals surface area contributed by atoms with Crippen LogP contribution < -0.4 is 15.4 Å². The van der Waals surface area contributed by atoms with Crippen molar-refractivity contribution >= 4 is 72.4 Å². The van der Waals surface area contributed by atoms with Crippen LogP contribution in [0.3, 0.4) is 0 Å². The lowest BCUT2D eigenvalue weighted by atomic mass is 10.1. The molecule has 3 aromatic carbocycles. The summed E-state index contributed by atoms with van der Waals surface area (Å²) in [5, 5.41) is 16.1. The van der Waals surface area contributed by atoms with Gasteiger partial charge in [0.15, 0.2) is 9.84 Å². The van der Waals surface area contributed by atoms with Crippen LogP contribution in [-0.2, 0) is 27.6 Å². The lowest BCUT2D eigenvalue weighted by Gasteiger charge is -2.16. The van der Waals surface area contributed by atoms with Crippen LogP contribution in [0.15, 0.2) is 59.5 Å². The van der Waals surface area contributed by atoms with Crippen LogP contribution >= 0.6 is 34.7 Å². The average molecular weight is 609 g/mol. The molecule has 39 heavy (non-hydrogen) atoms. The fourth-order valence-corrected chi connectivity index (χ4v) is 6.04. The summed E-state index contributed by atoms with van der Waals surface area (Å²) >= 11 is 14.1. The lowest BCUT2D eigenvalue weighted by Crippen LogP contribution is -2.42. The van der Waals surface area contributed by atoms with Crippen LogP contribution in [-0.4, -0.2) is 49.2 Å². The van der Waals surface area contributed by atoms with Gasteiger partial charge < -0.3 is 20.5 Å². The SMILES string of the molecule is COc1ccc(CNc2nsc3c(Cl)c(C(=O)N[C@@H](Cc4cccc(S(C)(=O)=O)c4)C(=O)O)c(Cl)cc23)cc1. The largest absolute Gasteiger partial charge is 0.497 e. The number of aromatic nitrogens is 1. The van der Waals surface area contributed by atoms with Gasteiger partial charge in [-0.25, -0.2) is 13.2 Å². The molecular formula is C26H23Cl2N3O6S2. The molecule has 0 radical (unpaired) electrons. The topological polar surface area (TPSA) is 135 Å². The summed E-state index contributed by atoms with van der Waals surface area (Å²) in [6.45, 7) is 0.473. The zero-order chi connectivity index (χ0) is 28.3. The van der Waals surface area contributed by atoms with Crippen LogP contribution in [0.25, 0.3) is 10.1 Å². The molecule has 9 nitrogen and oxygen atoms in total. The van der Waals surface area contributed by atoms with E-state index in [1.54, 1.807) is 19.2 Å². The van der Waals surface area contributed by atoms with E-state index in [1.165, 1.54) is 18.2 Å². The number of nitrogens with one attached hydrogen (secondary N) is 2. The molecule has 204 valence electrons. The minimum absolute atomic E-state index is 0.0286. The Kier molecular flexibility index (Phi) is 8.65. The summed E-state index contributed by atoms with van der Waals surface area (Å²) in [4.78, 5) is 25.1. The van der Waals surface area contributed by atoms with Gasteiger partial charge in [0.1, 0.15) is 17.6 Å². The zero-order valence-electron chi connectivity index (χ0n) is 20.7. The molecule has 4 rings (SSSR count). The third-order valence-electron chi connectivity index (χ3n) is 5.87. The molecule has 1 amide bonds. The van der Waals surface area contributed by atoms with Crippen molar-refractivity contribution in [2.75, 3.05) is 18.7 Å². The number of halogens is 2. The first-order valence-corrected chi connectivity index (χ1v) is 14.9. The average Bonchev–Trinajstić information content (AvgIpc) is 3.30. The monoisotopic (exact) mass is 607 g/mol. The number of benzene rings is 3. The second-order valence-electron chi connectivity index (χ2n) is 8.64. The van der Waals surface area contributed by atoms with Crippen molar-refractivity contribution in [3.05, 3.63) is 81.3 Å². The first kappa shape index (κ1) is 28.6. The van der Waals surface area contributed by atoms with Gasteiger partial charge in [-0.15, -0.1) is 0 Å². The molecule has 0 spiro atoms. The van der Waals surface area contributed by atoms with Gasteiger partial charge in [0.05, 0.1) is 32.3 Å². The summed E-state index contributed by atoms with van der Waals surface area (Å²) in [5.74, 6) is -0.797. The number of anilines is 1. The highest BCUT2D eigenvalue weighted by Crippen LogP contribution is 2.39. The maximum Gasteiger partial charge on any atom is 0.326 e. The predicted octanol–water partition coefficient (Wildman–Crippen LogP) is 5.05. The van der Waals surface area contributed by atoms with Gasteiger partial charge in [-0.3, -0.25) is 4.79 Å². The van der Waals surface area contributed by atoms with E-state index in [0.717, 1.165) is 29.1 Å². The van der Waals surface area contributed by atoms with Crippen LogP contribution in [0.5, 0.6) is 5.75 Å². The van der Waals surface area contributed by atoms with Gasteiger partial charge in [0.2, 0.25) is 0 Å². The fraction of sp³-hybridized carbons (Fsp3) is 0.192. The first-order chi connectivity index (χ1) is 18.5. The number of hydrogen-bond acceptors (Lipinski definition) is 8. The smallest absolute Gasteiger partial charge is 0.326 e. The molecule has 0 bridgehead atoms. The number of carboxylic acids is 1. The highest BCUT2D eigenvalue weighted by Gasteiger charge is 2.26. The molecule has 0 saturated carbocycles. The molecule has 0 aliphatic carbocycles. The molecule has 0 aliphatic heterocycles. The lowest BCUT2D eigenvalue weighted by molar-refractivity contribution is -0.139. The second-order valence-corrected chi connectivity index (χ2v) is 12.2. The van der Waals surface area contributed by atoms with E-state index >= 15 is 0 Å². The Bertz CT molecular complexity index is 1660. The minimum Gasteiger partial charge on any atom is -0.497 e. The number of nitrogens with zero attached hydrogens (tertiary/aromatic N) is 1. The quantitative estimate of drug-likeness (QED) is 0.228. The Labute approximate surface area is 238 Å². The number of fused-ring (bicyclic) bond motifs is 1. The molecule has 0 fully saturated rings. The van der Waals surface area contributed by atoms with Crippen molar-refractivity contribution in [1.29, 1.82) is 0 Å². The van der Waals surface area contributed by atoms with Crippen molar-refractivity contribution < 1.29 is 27.9 Å². The predicted molar refractivity (Wildman–Crippen MR) is 152 cm³/mol. The number of carbonyl (C=O) groups excluding carboxylic acids is 1. The third kappa shape index (κ3) is 6.62. The zero-order valence-corrected chi connectivity index (χ0v) is 23.8. The standard InChI is InChI=1S/C26H23Cl2N3O6S2/c1-37-16-8-6-14(7-9-16)13-29-24-18-12-19(27)21(22(28)23(18)38-31-24)25(32)30-20(26(33)34)11-15-4-3-5-17(10-15)39(2,35)36/h3-10,12,20H,11,13H2,1-2H3,(H,29,31)(H,30,32)(H,33,34)/t20-/m0/s1. The molecule has 4 aromatic rings. The molecule has 1 heterocycles. The highest BCUT2D eigenvalue weighted by atomic mass is 35.5. The van der Waals surface area contributed by atoms with Gasteiger partial charge in [0.25, 0.3) is 5.91 Å². The Morgan fingerprint density at radius 1 is 1.10 bits per heavy atom. The van der Waals surface area contributed by atoms with Crippen LogP contribution in [0.4, 0.5) is 5.82 Å². The normalized spacial score (nSPS) is 12.2. The number of carboxylic acid groups (broad SMARTS) is 1. The number of ether oxygens (including phenoxy) is 1. The molecule has 13 heteroatoms. The molecule has 0 saturated heterocycles. The Hall–Kier alpha value is -3.38. The van der Waals surface area contributed by atoms with Crippen LogP contribution in [0, 0.1) is 0 Å². The maximum absolute atomic E-state index is 13.2. The van der Waals surface area contributed by atoms with Crippen molar-refractivity contribution in [3.8, 4) is 5.75 Å². The van der Waals surface area contributed by atoms with Crippen molar-refractivity contribution in [2.45, 2.75) is 23.9 Å². The molecule has 1 aromatic heterocycles. The summed E-state index contributed by atoms with van der Waals surface area (Å²) < 4.78 is 33.8. The van der Waals surface area contributed by atoms with E-state index in [9.17, 15) is 23.1 Å². The fourth-order valence-electron chi connectivity index (χ4n) is 3.84. The van der Waals surface area contributed by atoms with E-state index in [4.69, 9.17) is 27.9 Å². The summed E-state index contributed by atoms with van der Waals surface area (Å²) in [6.07, 6.45) is 0.907. The van der Waals surface area contributed by atoms with E-state index in [0.29, 0.717) is 28.0 Å². The highest BCUT2D eigenvalue weighted by molar-refractivity contribution is 7.90. The number of sulfone groups is 1. The molecule has 3 N–H and O–H groups in total. The van der Waals surface area contributed by atoms with Gasteiger partial charge in [-0.05, 0) is 53.0 Å². The second kappa shape index (κ2) is 11.8. The van der Waals surface area contributed by atoms with E-state index in [1.807, 2.05) is 24.3 Å². The summed E-state index contributed by atoms with van der Waals surface area (Å²) in [5.41, 5.74) is 1.34. The van der Waals surface area contributed by atoms with E-state index < -0.39 is 27.8 Å². The molecule has 0 aliphatic rings. The van der Waals surface area contributed by atoms with Crippen molar-refractivity contribution in [1.82, 2.24) is 9.69 Å². The van der Waals surface area contributed by atoms with Crippen molar-refractivity contribution in [2.24, 2.45) is 0 Å². The minimum atomic E-state index is -3.49. The third-order valence-corrected chi connectivity index (χ3v) is 8.65. The number of methoxy groups -OCH3 is 1. The van der Waals surface area contributed by atoms with Gasteiger partial charge >= 0.3 is 5.97 Å². The number of amides is 1. The number of hydrogen-bond donors (Lipinski definition) is 3. The number of aliphatic carboxylic acids is 1. The Morgan fingerprint density at radius 2 is 1.82 bits per heavy atom. The van der Waals surface area contributed by atoms with Crippen molar-refractivity contribution in [3.63, 3.8) is 0 Å². The molecular weight excluding hydrogens is 585 g/mol. The molecule has 1 atom stereocenters. The van der Waals surface area contributed by atoms with Crippen LogP contribution in [0.2, 0.25) is 10.0 Å². The number of rotatable bonds is 10.